The van der Waals surface area contributed by atoms with Crippen molar-refractivity contribution in [2.75, 3.05) is 10.6 Å². The summed E-state index contributed by atoms with van der Waals surface area (Å²) < 4.78 is 27.8. The number of rotatable bonds is 8. The van der Waals surface area contributed by atoms with Crippen molar-refractivity contribution in [3.05, 3.63) is 65.2 Å². The summed E-state index contributed by atoms with van der Waals surface area (Å²) in [5.41, 5.74) is 1.17. The van der Waals surface area contributed by atoms with Gasteiger partial charge in [0.1, 0.15) is 5.54 Å². The van der Waals surface area contributed by atoms with Gasteiger partial charge in [0, 0.05) is 6.42 Å². The highest BCUT2D eigenvalue weighted by atomic mass is 32.2. The number of carbonyl (C=O) groups is 2. The van der Waals surface area contributed by atoms with Crippen LogP contribution in [0.15, 0.2) is 48.5 Å². The van der Waals surface area contributed by atoms with Crippen LogP contribution in [-0.2, 0) is 27.7 Å². The van der Waals surface area contributed by atoms with Crippen LogP contribution in [0, 0.1) is 11.3 Å². The van der Waals surface area contributed by atoms with Crippen LogP contribution in [0.1, 0.15) is 61.0 Å². The largest absolute Gasteiger partial charge is 0.478 e. The first kappa shape index (κ1) is 23.5. The molecule has 2 aromatic carbocycles. The summed E-state index contributed by atoms with van der Waals surface area (Å²) in [7, 11) is -3.72. The van der Waals surface area contributed by atoms with Crippen LogP contribution < -0.4 is 4.31 Å². The highest BCUT2D eigenvalue weighted by Gasteiger charge is 2.69. The van der Waals surface area contributed by atoms with E-state index in [9.17, 15) is 23.1 Å². The molecule has 2 atom stereocenters. The molecule has 2 fully saturated rings. The van der Waals surface area contributed by atoms with Crippen molar-refractivity contribution in [3.8, 4) is 0 Å². The van der Waals surface area contributed by atoms with Crippen molar-refractivity contribution in [3.63, 3.8) is 0 Å². The molecule has 0 aromatic heterocycles. The Balaban J connectivity index is 1.66. The summed E-state index contributed by atoms with van der Waals surface area (Å²) in [6, 6.07) is 14.3. The van der Waals surface area contributed by atoms with E-state index in [-0.39, 0.29) is 17.3 Å². The Hall–Kier alpha value is -2.67. The number of carboxylic acids is 1. The predicted molar refractivity (Wildman–Crippen MR) is 128 cm³/mol. The Morgan fingerprint density at radius 1 is 1.12 bits per heavy atom. The number of carbonyl (C=O) groups excluding carboxylic acids is 1. The Labute approximate surface area is 195 Å². The highest BCUT2D eigenvalue weighted by Crippen LogP contribution is 2.62. The van der Waals surface area contributed by atoms with Crippen LogP contribution in [-0.4, -0.2) is 37.1 Å². The second-order valence-corrected chi connectivity index (χ2v) is 11.8. The lowest BCUT2D eigenvalue weighted by molar-refractivity contribution is -0.123. The number of Topliss-reactive ketones (excluding diaryl/α,β-unsaturated/α-hetero) is 1. The molecule has 0 saturated heterocycles. The van der Waals surface area contributed by atoms with E-state index in [1.54, 1.807) is 18.2 Å². The van der Waals surface area contributed by atoms with Crippen molar-refractivity contribution in [1.29, 1.82) is 0 Å². The topological polar surface area (TPSA) is 91.8 Å². The number of fused-ring (bicyclic) bond motifs is 2. The summed E-state index contributed by atoms with van der Waals surface area (Å²) >= 11 is 0. The van der Waals surface area contributed by atoms with E-state index in [1.165, 1.54) is 10.6 Å². The number of hydrogen-bond donors (Lipinski definition) is 1. The monoisotopic (exact) mass is 469 g/mol. The van der Waals surface area contributed by atoms with Crippen molar-refractivity contribution in [2.45, 2.75) is 57.9 Å². The van der Waals surface area contributed by atoms with Gasteiger partial charge in [-0.3, -0.25) is 9.10 Å². The molecule has 176 valence electrons. The van der Waals surface area contributed by atoms with E-state index in [4.69, 9.17) is 0 Å². The summed E-state index contributed by atoms with van der Waals surface area (Å²) in [6.07, 6.45) is 5.05. The molecule has 2 saturated carbocycles. The van der Waals surface area contributed by atoms with Crippen LogP contribution in [0.4, 0.5) is 5.69 Å². The minimum absolute atomic E-state index is 0.0227. The third kappa shape index (κ3) is 3.86. The van der Waals surface area contributed by atoms with E-state index in [1.807, 2.05) is 44.2 Å². The SMILES string of the molecule is CC1(C)C2CCC1(N(c1ccccc1CCCc1cccc(C(=O)O)c1)S(C)(=O)=O)C(=O)C2. The first-order chi connectivity index (χ1) is 15.5. The third-order valence-electron chi connectivity index (χ3n) is 7.81. The van der Waals surface area contributed by atoms with Crippen LogP contribution in [0.3, 0.4) is 0 Å². The van der Waals surface area contributed by atoms with Crippen LogP contribution in [0.5, 0.6) is 0 Å². The van der Waals surface area contributed by atoms with E-state index in [0.717, 1.165) is 24.0 Å². The maximum Gasteiger partial charge on any atom is 0.335 e. The molecule has 2 aliphatic carbocycles. The molecule has 4 rings (SSSR count). The van der Waals surface area contributed by atoms with E-state index in [2.05, 4.69) is 0 Å². The lowest BCUT2D eigenvalue weighted by Crippen LogP contribution is -2.60. The molecule has 33 heavy (non-hydrogen) atoms. The maximum absolute atomic E-state index is 13.3. The molecule has 2 aliphatic rings. The van der Waals surface area contributed by atoms with Gasteiger partial charge in [0.05, 0.1) is 17.5 Å². The number of ketones is 1. The van der Waals surface area contributed by atoms with Gasteiger partial charge in [-0.2, -0.15) is 0 Å². The van der Waals surface area contributed by atoms with Gasteiger partial charge in [-0.05, 0) is 72.8 Å². The van der Waals surface area contributed by atoms with Crippen LogP contribution >= 0.6 is 0 Å². The fourth-order valence-electron chi connectivity index (χ4n) is 6.06. The Bertz CT molecular complexity index is 1200. The lowest BCUT2D eigenvalue weighted by Gasteiger charge is -2.46. The number of hydrogen-bond acceptors (Lipinski definition) is 4. The molecule has 0 heterocycles. The molecule has 2 aromatic rings. The summed E-state index contributed by atoms with van der Waals surface area (Å²) in [4.78, 5) is 24.5. The fraction of sp³-hybridized carbons (Fsp3) is 0.462. The van der Waals surface area contributed by atoms with Gasteiger partial charge in [0.25, 0.3) is 0 Å². The summed E-state index contributed by atoms with van der Waals surface area (Å²) in [6.45, 7) is 4.07. The molecular formula is C26H31NO5S. The Morgan fingerprint density at radius 3 is 2.45 bits per heavy atom. The minimum atomic E-state index is -3.72. The molecule has 1 N–H and O–H groups in total. The molecular weight excluding hydrogens is 438 g/mol. The van der Waals surface area contributed by atoms with Gasteiger partial charge in [0.15, 0.2) is 5.78 Å². The molecule has 6 nitrogen and oxygen atoms in total. The van der Waals surface area contributed by atoms with Gasteiger partial charge in [-0.25, -0.2) is 13.2 Å². The smallest absolute Gasteiger partial charge is 0.335 e. The molecule has 0 spiro atoms. The van der Waals surface area contributed by atoms with Gasteiger partial charge in [0.2, 0.25) is 10.0 Å². The van der Waals surface area contributed by atoms with Crippen LogP contribution in [0.25, 0.3) is 0 Å². The normalized spacial score (nSPS) is 23.6. The average molecular weight is 470 g/mol. The fourth-order valence-corrected chi connectivity index (χ4v) is 7.59. The van der Waals surface area contributed by atoms with Crippen LogP contribution in [0.2, 0.25) is 0 Å². The minimum Gasteiger partial charge on any atom is -0.478 e. The van der Waals surface area contributed by atoms with Crippen molar-refractivity contribution < 1.29 is 23.1 Å². The van der Waals surface area contributed by atoms with Gasteiger partial charge in [-0.1, -0.05) is 44.2 Å². The zero-order valence-corrected chi connectivity index (χ0v) is 20.2. The zero-order valence-electron chi connectivity index (χ0n) is 19.4. The van der Waals surface area contributed by atoms with E-state index >= 15 is 0 Å². The number of para-hydroxylation sites is 1. The quantitative estimate of drug-likeness (QED) is 0.616. The number of anilines is 1. The van der Waals surface area contributed by atoms with Gasteiger partial charge < -0.3 is 5.11 Å². The molecule has 0 amide bonds. The number of aryl methyl sites for hydroxylation is 2. The van der Waals surface area contributed by atoms with E-state index < -0.39 is 26.9 Å². The molecule has 0 aliphatic heterocycles. The summed E-state index contributed by atoms with van der Waals surface area (Å²) in [5, 5.41) is 9.22. The Kier molecular flexibility index (Phi) is 5.89. The number of aromatic carboxylic acids is 1. The van der Waals surface area contributed by atoms with E-state index in [0.29, 0.717) is 31.4 Å². The van der Waals surface area contributed by atoms with Gasteiger partial charge in [-0.15, -0.1) is 0 Å². The number of sulfonamides is 1. The second-order valence-electron chi connectivity index (χ2n) is 9.96. The first-order valence-corrected chi connectivity index (χ1v) is 13.3. The number of nitrogens with zero attached hydrogens (tertiary/aromatic N) is 1. The first-order valence-electron chi connectivity index (χ1n) is 11.4. The average Bonchev–Trinajstić information content (AvgIpc) is 3.09. The summed E-state index contributed by atoms with van der Waals surface area (Å²) in [5.74, 6) is -0.735. The molecule has 2 bridgehead atoms. The third-order valence-corrected chi connectivity index (χ3v) is 8.98. The van der Waals surface area contributed by atoms with Gasteiger partial charge >= 0.3 is 5.97 Å². The Morgan fingerprint density at radius 2 is 1.85 bits per heavy atom. The highest BCUT2D eigenvalue weighted by molar-refractivity contribution is 7.92. The second kappa shape index (κ2) is 8.28. The molecule has 2 unspecified atom stereocenters. The van der Waals surface area contributed by atoms with Crippen molar-refractivity contribution in [1.82, 2.24) is 0 Å². The lowest BCUT2D eigenvalue weighted by atomic mass is 9.75. The standard InChI is InChI=1S/C26H31NO5S/c1-25(2)21-14-15-26(25,23(28)17-21)27(33(3,31)32)22-13-5-4-10-19(22)11-6-8-18-9-7-12-20(16-18)24(29)30/h4-5,7,9-10,12-13,16,21H,6,8,11,14-15,17H2,1-3H3,(H,29,30). The molecule has 0 radical (unpaired) electrons. The number of benzene rings is 2. The van der Waals surface area contributed by atoms with Crippen molar-refractivity contribution >= 4 is 27.5 Å². The molecule has 7 heteroatoms. The predicted octanol–water partition coefficient (Wildman–Crippen LogP) is 4.47. The van der Waals surface area contributed by atoms with Crippen molar-refractivity contribution in [2.24, 2.45) is 11.3 Å². The maximum atomic E-state index is 13.3. The number of carboxylic acid groups (broad SMARTS) is 1. The zero-order chi connectivity index (χ0) is 24.0.